The van der Waals surface area contributed by atoms with Crippen LogP contribution < -0.4 is 15.7 Å². The van der Waals surface area contributed by atoms with Gasteiger partial charge in [-0.2, -0.15) is 0 Å². The second kappa shape index (κ2) is 9.23. The Bertz CT molecular complexity index is 1320. The number of amides is 1. The molecule has 1 N–H and O–H groups in total. The molecule has 0 spiro atoms. The molecule has 0 aliphatic rings. The van der Waals surface area contributed by atoms with Crippen LogP contribution in [0.5, 0.6) is 5.75 Å². The van der Waals surface area contributed by atoms with Crippen LogP contribution in [0.25, 0.3) is 22.0 Å². The van der Waals surface area contributed by atoms with E-state index in [1.807, 2.05) is 44.2 Å². The molecule has 0 aliphatic carbocycles. The summed E-state index contributed by atoms with van der Waals surface area (Å²) >= 11 is 0. The topological polar surface area (TPSA) is 95.6 Å². The quantitative estimate of drug-likeness (QED) is 0.427. The number of hydrogen-bond acceptors (Lipinski definition) is 6. The van der Waals surface area contributed by atoms with Crippen LogP contribution in [-0.4, -0.2) is 35.8 Å². The first-order valence-corrected chi connectivity index (χ1v) is 10.4. The third kappa shape index (κ3) is 4.50. The van der Waals surface area contributed by atoms with E-state index in [2.05, 4.69) is 9.88 Å². The number of carbonyl (C=O) groups excluding carboxylic acids is 1. The van der Waals surface area contributed by atoms with Gasteiger partial charge in [0.2, 0.25) is 0 Å². The highest BCUT2D eigenvalue weighted by Crippen LogP contribution is 2.23. The number of fused-ring (bicyclic) bond motifs is 2. The van der Waals surface area contributed by atoms with Gasteiger partial charge in [-0.05, 0) is 43.7 Å². The third-order valence-corrected chi connectivity index (χ3v) is 5.26. The van der Waals surface area contributed by atoms with E-state index in [0.717, 1.165) is 27.8 Å². The Kier molecular flexibility index (Phi) is 6.23. The van der Waals surface area contributed by atoms with Crippen LogP contribution in [-0.2, 0) is 16.1 Å². The van der Waals surface area contributed by atoms with E-state index in [1.165, 1.54) is 6.07 Å². The van der Waals surface area contributed by atoms with Crippen LogP contribution in [0.3, 0.4) is 0 Å². The fraction of sp³-hybridized carbons (Fsp3) is 0.292. The largest absolute Gasteiger partial charge is 0.484 e. The zero-order valence-corrected chi connectivity index (χ0v) is 18.3. The van der Waals surface area contributed by atoms with Crippen molar-refractivity contribution < 1.29 is 18.7 Å². The maximum atomic E-state index is 12.5. The average Bonchev–Trinajstić information content (AvgIpc) is 3.14. The van der Waals surface area contributed by atoms with Gasteiger partial charge < -0.3 is 23.8 Å². The fourth-order valence-corrected chi connectivity index (χ4v) is 3.73. The van der Waals surface area contributed by atoms with Crippen molar-refractivity contribution in [1.29, 1.82) is 0 Å². The predicted molar refractivity (Wildman–Crippen MR) is 121 cm³/mol. The summed E-state index contributed by atoms with van der Waals surface area (Å²) in [6, 6.07) is 14.1. The van der Waals surface area contributed by atoms with Gasteiger partial charge in [0.25, 0.3) is 5.91 Å². The first kappa shape index (κ1) is 21.6. The second-order valence-corrected chi connectivity index (χ2v) is 7.59. The SMILES string of the molecule is COCCn1c(C(C)NC(=O)COc2ccc3c(C)cc(=O)oc3c2)nc2ccccc21. The smallest absolute Gasteiger partial charge is 0.336 e. The number of ether oxygens (including phenoxy) is 2. The molecule has 0 fully saturated rings. The van der Waals surface area contributed by atoms with Gasteiger partial charge >= 0.3 is 5.63 Å². The van der Waals surface area contributed by atoms with Gasteiger partial charge in [-0.25, -0.2) is 9.78 Å². The van der Waals surface area contributed by atoms with E-state index in [9.17, 15) is 9.59 Å². The molecule has 166 valence electrons. The van der Waals surface area contributed by atoms with Crippen molar-refractivity contribution in [2.75, 3.05) is 20.3 Å². The molecule has 2 aromatic carbocycles. The summed E-state index contributed by atoms with van der Waals surface area (Å²) < 4.78 is 18.1. The van der Waals surface area contributed by atoms with E-state index in [1.54, 1.807) is 19.2 Å². The molecule has 2 heterocycles. The summed E-state index contributed by atoms with van der Waals surface area (Å²) in [6.45, 7) is 4.72. The van der Waals surface area contributed by atoms with Crippen molar-refractivity contribution in [1.82, 2.24) is 14.9 Å². The fourth-order valence-electron chi connectivity index (χ4n) is 3.73. The van der Waals surface area contributed by atoms with Crippen LogP contribution in [0.15, 0.2) is 57.7 Å². The second-order valence-electron chi connectivity index (χ2n) is 7.59. The lowest BCUT2D eigenvalue weighted by molar-refractivity contribution is -0.123. The first-order chi connectivity index (χ1) is 15.5. The molecular formula is C24H25N3O5. The zero-order chi connectivity index (χ0) is 22.7. The van der Waals surface area contributed by atoms with Crippen molar-refractivity contribution in [3.05, 3.63) is 70.3 Å². The lowest BCUT2D eigenvalue weighted by Gasteiger charge is -2.16. The number of nitrogens with one attached hydrogen (secondary N) is 1. The molecular weight excluding hydrogens is 410 g/mol. The van der Waals surface area contributed by atoms with Gasteiger partial charge in [-0.15, -0.1) is 0 Å². The summed E-state index contributed by atoms with van der Waals surface area (Å²) in [7, 11) is 1.65. The Balaban J connectivity index is 1.45. The molecule has 0 aliphatic heterocycles. The lowest BCUT2D eigenvalue weighted by atomic mass is 10.1. The highest BCUT2D eigenvalue weighted by atomic mass is 16.5. The Morgan fingerprint density at radius 3 is 2.84 bits per heavy atom. The van der Waals surface area contributed by atoms with Gasteiger partial charge in [-0.3, -0.25) is 4.79 Å². The van der Waals surface area contributed by atoms with Crippen molar-refractivity contribution in [3.63, 3.8) is 0 Å². The van der Waals surface area contributed by atoms with E-state index >= 15 is 0 Å². The lowest BCUT2D eigenvalue weighted by Crippen LogP contribution is -2.32. The number of aryl methyl sites for hydroxylation is 1. The molecule has 4 rings (SSSR count). The standard InChI is InChI=1S/C24H25N3O5/c1-15-12-23(29)32-21-13-17(8-9-18(15)21)31-14-22(28)25-16(2)24-26-19-6-4-5-7-20(19)27(24)10-11-30-3/h4-9,12-13,16H,10-11,14H2,1-3H3,(H,25,28). The molecule has 1 unspecified atom stereocenters. The van der Waals surface area contributed by atoms with Gasteiger partial charge in [0.15, 0.2) is 6.61 Å². The molecule has 0 saturated carbocycles. The van der Waals surface area contributed by atoms with E-state index in [4.69, 9.17) is 18.9 Å². The molecule has 8 heteroatoms. The van der Waals surface area contributed by atoms with Crippen LogP contribution in [0, 0.1) is 6.92 Å². The van der Waals surface area contributed by atoms with Crippen LogP contribution in [0.4, 0.5) is 0 Å². The Morgan fingerprint density at radius 2 is 2.03 bits per heavy atom. The Hall–Kier alpha value is -3.65. The molecule has 1 amide bonds. The minimum absolute atomic E-state index is 0.176. The van der Waals surface area contributed by atoms with Crippen LogP contribution in [0.1, 0.15) is 24.4 Å². The summed E-state index contributed by atoms with van der Waals surface area (Å²) in [5.74, 6) is 0.912. The van der Waals surface area contributed by atoms with E-state index in [0.29, 0.717) is 24.5 Å². The average molecular weight is 435 g/mol. The van der Waals surface area contributed by atoms with Crippen molar-refractivity contribution >= 4 is 27.9 Å². The van der Waals surface area contributed by atoms with Gasteiger partial charge in [0.1, 0.15) is 17.2 Å². The molecule has 0 radical (unpaired) electrons. The maximum Gasteiger partial charge on any atom is 0.336 e. The first-order valence-electron chi connectivity index (χ1n) is 10.4. The van der Waals surface area contributed by atoms with Gasteiger partial charge in [-0.1, -0.05) is 12.1 Å². The molecule has 0 saturated heterocycles. The Morgan fingerprint density at radius 1 is 1.22 bits per heavy atom. The minimum atomic E-state index is -0.421. The number of methoxy groups -OCH3 is 1. The van der Waals surface area contributed by atoms with Crippen molar-refractivity contribution in [3.8, 4) is 5.75 Å². The molecule has 4 aromatic rings. The molecule has 0 bridgehead atoms. The van der Waals surface area contributed by atoms with Crippen molar-refractivity contribution in [2.24, 2.45) is 0 Å². The minimum Gasteiger partial charge on any atom is -0.484 e. The number of aromatic nitrogens is 2. The molecule has 1 atom stereocenters. The number of nitrogens with zero attached hydrogens (tertiary/aromatic N) is 2. The number of carbonyl (C=O) groups is 1. The van der Waals surface area contributed by atoms with E-state index in [-0.39, 0.29) is 18.6 Å². The molecule has 2 aromatic heterocycles. The monoisotopic (exact) mass is 435 g/mol. The number of rotatable bonds is 8. The predicted octanol–water partition coefficient (Wildman–Crippen LogP) is 3.35. The van der Waals surface area contributed by atoms with E-state index < -0.39 is 5.63 Å². The van der Waals surface area contributed by atoms with Crippen LogP contribution >= 0.6 is 0 Å². The molecule has 8 nitrogen and oxygen atoms in total. The van der Waals surface area contributed by atoms with Crippen LogP contribution in [0.2, 0.25) is 0 Å². The number of hydrogen-bond donors (Lipinski definition) is 1. The van der Waals surface area contributed by atoms with Gasteiger partial charge in [0.05, 0.1) is 23.7 Å². The summed E-state index contributed by atoms with van der Waals surface area (Å²) in [4.78, 5) is 28.8. The van der Waals surface area contributed by atoms with Crippen molar-refractivity contribution in [2.45, 2.75) is 26.4 Å². The summed E-state index contributed by atoms with van der Waals surface area (Å²) in [5, 5.41) is 3.76. The molecule has 32 heavy (non-hydrogen) atoms. The third-order valence-electron chi connectivity index (χ3n) is 5.26. The highest BCUT2D eigenvalue weighted by Gasteiger charge is 2.18. The maximum absolute atomic E-state index is 12.5. The number of imidazole rings is 1. The normalized spacial score (nSPS) is 12.2. The number of benzene rings is 2. The Labute approximate surface area is 184 Å². The summed E-state index contributed by atoms with van der Waals surface area (Å²) in [5.41, 5.74) is 2.68. The zero-order valence-electron chi connectivity index (χ0n) is 18.3. The van der Waals surface area contributed by atoms with Gasteiger partial charge in [0, 0.05) is 31.2 Å². The summed E-state index contributed by atoms with van der Waals surface area (Å²) in [6.07, 6.45) is 0. The highest BCUT2D eigenvalue weighted by molar-refractivity contribution is 5.82. The number of para-hydroxylation sites is 2.